The van der Waals surface area contributed by atoms with Gasteiger partial charge < -0.3 is 9.64 Å². The molecule has 0 aliphatic carbocycles. The van der Waals surface area contributed by atoms with Crippen molar-refractivity contribution in [1.29, 1.82) is 0 Å². The van der Waals surface area contributed by atoms with Crippen LogP contribution in [0.1, 0.15) is 38.9 Å². The maximum atomic E-state index is 14.3. The lowest BCUT2D eigenvalue weighted by Gasteiger charge is -2.30. The van der Waals surface area contributed by atoms with Crippen LogP contribution >= 0.6 is 0 Å². The highest BCUT2D eigenvalue weighted by molar-refractivity contribution is 5.78. The van der Waals surface area contributed by atoms with Gasteiger partial charge in [0.2, 0.25) is 0 Å². The van der Waals surface area contributed by atoms with E-state index in [1.165, 1.54) is 36.6 Å². The highest BCUT2D eigenvalue weighted by Gasteiger charge is 2.16. The first kappa shape index (κ1) is 21.5. The molecular weight excluding hydrogens is 393 g/mol. The molecular formula is C25H30FN3O2. The molecule has 31 heavy (non-hydrogen) atoms. The molecule has 0 unspecified atom stereocenters. The second-order valence-corrected chi connectivity index (χ2v) is 8.40. The predicted octanol–water partition coefficient (Wildman–Crippen LogP) is 4.59. The molecule has 3 aromatic rings. The minimum Gasteiger partial charge on any atom is -0.494 e. The van der Waals surface area contributed by atoms with E-state index in [1.807, 2.05) is 31.2 Å². The molecule has 0 saturated carbocycles. The largest absolute Gasteiger partial charge is 0.494 e. The van der Waals surface area contributed by atoms with Crippen molar-refractivity contribution >= 4 is 10.9 Å². The third kappa shape index (κ3) is 4.79. The predicted molar refractivity (Wildman–Crippen MR) is 122 cm³/mol. The van der Waals surface area contributed by atoms with E-state index in [0.717, 1.165) is 24.6 Å². The van der Waals surface area contributed by atoms with Crippen molar-refractivity contribution in [2.24, 2.45) is 5.92 Å². The number of hydrogen-bond donors (Lipinski definition) is 0. The van der Waals surface area contributed by atoms with E-state index in [4.69, 9.17) is 4.74 Å². The van der Waals surface area contributed by atoms with Crippen molar-refractivity contribution in [3.8, 4) is 11.4 Å². The van der Waals surface area contributed by atoms with Crippen LogP contribution in [-0.2, 0) is 6.42 Å². The van der Waals surface area contributed by atoms with Crippen LogP contribution in [-0.4, -0.2) is 40.7 Å². The maximum Gasteiger partial charge on any atom is 0.268 e. The molecule has 0 bridgehead atoms. The SMILES string of the molecule is CCc1nc2cccc(F)c2c(=O)n1-c1ccc(OCCCN2CCC[C@H](C)C2)cc1. The number of hydrogen-bond acceptors (Lipinski definition) is 4. The summed E-state index contributed by atoms with van der Waals surface area (Å²) in [4.78, 5) is 20.1. The van der Waals surface area contributed by atoms with Crippen LogP contribution in [0.15, 0.2) is 47.3 Å². The monoisotopic (exact) mass is 423 g/mol. The molecule has 0 radical (unpaired) electrons. The van der Waals surface area contributed by atoms with Crippen molar-refractivity contribution in [2.45, 2.75) is 39.5 Å². The lowest BCUT2D eigenvalue weighted by atomic mass is 10.0. The number of piperidine rings is 1. The van der Waals surface area contributed by atoms with E-state index >= 15 is 0 Å². The molecule has 1 saturated heterocycles. The molecule has 1 fully saturated rings. The maximum absolute atomic E-state index is 14.3. The smallest absolute Gasteiger partial charge is 0.268 e. The van der Waals surface area contributed by atoms with Crippen LogP contribution in [0.2, 0.25) is 0 Å². The number of ether oxygens (including phenoxy) is 1. The molecule has 0 N–H and O–H groups in total. The van der Waals surface area contributed by atoms with E-state index in [9.17, 15) is 9.18 Å². The van der Waals surface area contributed by atoms with Crippen molar-refractivity contribution in [1.82, 2.24) is 14.5 Å². The molecule has 1 aliphatic rings. The Kier molecular flexibility index (Phi) is 6.66. The van der Waals surface area contributed by atoms with Gasteiger partial charge in [0, 0.05) is 19.5 Å². The number of aromatic nitrogens is 2. The summed E-state index contributed by atoms with van der Waals surface area (Å²) < 4.78 is 21.7. The van der Waals surface area contributed by atoms with Gasteiger partial charge in [-0.3, -0.25) is 9.36 Å². The van der Waals surface area contributed by atoms with Gasteiger partial charge in [-0.2, -0.15) is 0 Å². The topological polar surface area (TPSA) is 47.4 Å². The second kappa shape index (κ2) is 9.60. The summed E-state index contributed by atoms with van der Waals surface area (Å²) in [6.07, 6.45) is 4.18. The molecule has 5 nitrogen and oxygen atoms in total. The zero-order chi connectivity index (χ0) is 21.8. The van der Waals surface area contributed by atoms with E-state index in [0.29, 0.717) is 30.1 Å². The molecule has 2 aromatic carbocycles. The Morgan fingerprint density at radius 2 is 2.00 bits per heavy atom. The Hall–Kier alpha value is -2.73. The molecule has 6 heteroatoms. The minimum absolute atomic E-state index is 0.0204. The summed E-state index contributed by atoms with van der Waals surface area (Å²) in [5.41, 5.74) is 0.666. The van der Waals surface area contributed by atoms with Gasteiger partial charge in [-0.1, -0.05) is 19.9 Å². The summed E-state index contributed by atoms with van der Waals surface area (Å²) in [7, 11) is 0. The van der Waals surface area contributed by atoms with Crippen LogP contribution in [0.25, 0.3) is 16.6 Å². The Morgan fingerprint density at radius 1 is 1.19 bits per heavy atom. The van der Waals surface area contributed by atoms with Crippen molar-refractivity contribution in [2.75, 3.05) is 26.2 Å². The van der Waals surface area contributed by atoms with Crippen LogP contribution in [0, 0.1) is 11.7 Å². The number of rotatable bonds is 7. The fourth-order valence-corrected chi connectivity index (χ4v) is 4.40. The zero-order valence-corrected chi connectivity index (χ0v) is 18.3. The first-order valence-electron chi connectivity index (χ1n) is 11.2. The molecule has 1 aliphatic heterocycles. The van der Waals surface area contributed by atoms with Gasteiger partial charge in [0.1, 0.15) is 22.8 Å². The van der Waals surface area contributed by atoms with Gasteiger partial charge in [0.05, 0.1) is 17.8 Å². The van der Waals surface area contributed by atoms with Crippen molar-refractivity contribution in [3.05, 3.63) is 64.5 Å². The van der Waals surface area contributed by atoms with Crippen LogP contribution in [0.5, 0.6) is 5.75 Å². The van der Waals surface area contributed by atoms with Crippen LogP contribution in [0.3, 0.4) is 0 Å². The van der Waals surface area contributed by atoms with Gasteiger partial charge in [-0.05, 0) is 68.1 Å². The summed E-state index contributed by atoms with van der Waals surface area (Å²) in [5.74, 6) is 1.61. The van der Waals surface area contributed by atoms with Gasteiger partial charge in [-0.15, -0.1) is 0 Å². The number of halogens is 1. The second-order valence-electron chi connectivity index (χ2n) is 8.40. The van der Waals surface area contributed by atoms with E-state index < -0.39 is 5.82 Å². The Morgan fingerprint density at radius 3 is 2.74 bits per heavy atom. The van der Waals surface area contributed by atoms with E-state index in [2.05, 4.69) is 16.8 Å². The molecule has 164 valence electrons. The van der Waals surface area contributed by atoms with Gasteiger partial charge in [-0.25, -0.2) is 9.37 Å². The quantitative estimate of drug-likeness (QED) is 0.522. The summed E-state index contributed by atoms with van der Waals surface area (Å²) in [6.45, 7) is 8.35. The number of likely N-dealkylation sites (tertiary alicyclic amines) is 1. The molecule has 1 aromatic heterocycles. The third-order valence-corrected chi connectivity index (χ3v) is 5.96. The highest BCUT2D eigenvalue weighted by atomic mass is 19.1. The van der Waals surface area contributed by atoms with Gasteiger partial charge >= 0.3 is 0 Å². The minimum atomic E-state index is -0.547. The first-order chi connectivity index (χ1) is 15.1. The first-order valence-corrected chi connectivity index (χ1v) is 11.2. The normalized spacial score (nSPS) is 17.2. The summed E-state index contributed by atoms with van der Waals surface area (Å²) in [6, 6.07) is 11.9. The number of fused-ring (bicyclic) bond motifs is 1. The van der Waals surface area contributed by atoms with Crippen molar-refractivity contribution < 1.29 is 9.13 Å². The molecule has 2 heterocycles. The standard InChI is InChI=1S/C25H30FN3O2/c1-3-23-27-22-9-4-8-21(26)24(22)25(30)29(23)19-10-12-20(13-11-19)31-16-6-15-28-14-5-7-18(2)17-28/h4,8-13,18H,3,5-7,14-17H2,1-2H3/t18-/m0/s1. The molecule has 0 spiro atoms. The van der Waals surface area contributed by atoms with Crippen LogP contribution in [0.4, 0.5) is 4.39 Å². The lowest BCUT2D eigenvalue weighted by molar-refractivity contribution is 0.170. The Balaban J connectivity index is 1.45. The van der Waals surface area contributed by atoms with E-state index in [-0.39, 0.29) is 10.9 Å². The van der Waals surface area contributed by atoms with Gasteiger partial charge in [0.15, 0.2) is 0 Å². The molecule has 1 atom stereocenters. The Bertz CT molecular complexity index is 1090. The Labute approximate surface area is 182 Å². The van der Waals surface area contributed by atoms with E-state index in [1.54, 1.807) is 12.1 Å². The average molecular weight is 424 g/mol. The summed E-state index contributed by atoms with van der Waals surface area (Å²) in [5, 5.41) is 0.0204. The zero-order valence-electron chi connectivity index (χ0n) is 18.3. The summed E-state index contributed by atoms with van der Waals surface area (Å²) >= 11 is 0. The third-order valence-electron chi connectivity index (χ3n) is 5.96. The number of benzene rings is 2. The molecule has 0 amide bonds. The number of aryl methyl sites for hydroxylation is 1. The van der Waals surface area contributed by atoms with Crippen LogP contribution < -0.4 is 10.3 Å². The van der Waals surface area contributed by atoms with Crippen molar-refractivity contribution in [3.63, 3.8) is 0 Å². The highest BCUT2D eigenvalue weighted by Crippen LogP contribution is 2.19. The lowest BCUT2D eigenvalue weighted by Crippen LogP contribution is -2.35. The fourth-order valence-electron chi connectivity index (χ4n) is 4.40. The molecule has 4 rings (SSSR count). The van der Waals surface area contributed by atoms with Gasteiger partial charge in [0.25, 0.3) is 5.56 Å². The fraction of sp³-hybridized carbons (Fsp3) is 0.440. The average Bonchev–Trinajstić information content (AvgIpc) is 2.77. The number of nitrogens with zero attached hydrogens (tertiary/aromatic N) is 3.